The maximum Gasteiger partial charge on any atom is 0.305 e. The van der Waals surface area contributed by atoms with Gasteiger partial charge in [0.2, 0.25) is 0 Å². The van der Waals surface area contributed by atoms with Gasteiger partial charge < -0.3 is 37.9 Å². The number of unbranched alkanes of at least 4 members (excludes halogenated alkanes) is 4. The van der Waals surface area contributed by atoms with E-state index in [1.807, 2.05) is 54.6 Å². The van der Waals surface area contributed by atoms with Crippen molar-refractivity contribution < 1.29 is 57.1 Å². The molecule has 5 atom stereocenters. The summed E-state index contributed by atoms with van der Waals surface area (Å²) in [5, 5.41) is 0. The molecule has 2 heterocycles. The molecular formula is C43H53NO12. The minimum absolute atomic E-state index is 0.0814. The van der Waals surface area contributed by atoms with Crippen LogP contribution in [0.5, 0.6) is 5.75 Å². The SMILES string of the molecule is COC(=O)CCCCCO[C@H]1O[C@H](COCc2ccc(OC)cc2)[C@@H](OCCCCCC(=O)OC)[C@H](OCc2ccccc2)[C@@H]1N1C(=O)c2ccccc2C1=O. The van der Waals surface area contributed by atoms with E-state index in [9.17, 15) is 19.2 Å². The molecule has 56 heavy (non-hydrogen) atoms. The molecule has 3 aromatic rings. The van der Waals surface area contributed by atoms with E-state index in [0.717, 1.165) is 16.9 Å². The molecule has 2 amide bonds. The predicted molar refractivity (Wildman–Crippen MR) is 204 cm³/mol. The fourth-order valence-electron chi connectivity index (χ4n) is 6.81. The summed E-state index contributed by atoms with van der Waals surface area (Å²) < 4.78 is 47.6. The van der Waals surface area contributed by atoms with Crippen molar-refractivity contribution >= 4 is 23.8 Å². The minimum atomic E-state index is -1.10. The van der Waals surface area contributed by atoms with Gasteiger partial charge in [0.05, 0.1) is 52.3 Å². The van der Waals surface area contributed by atoms with E-state index in [1.165, 1.54) is 19.1 Å². The smallest absolute Gasteiger partial charge is 0.305 e. The summed E-state index contributed by atoms with van der Waals surface area (Å²) in [7, 11) is 4.34. The number of ether oxygens (including phenoxy) is 8. The second-order valence-corrected chi connectivity index (χ2v) is 13.7. The predicted octanol–water partition coefficient (Wildman–Crippen LogP) is 6.06. The van der Waals surface area contributed by atoms with Gasteiger partial charge >= 0.3 is 11.9 Å². The number of benzene rings is 3. The van der Waals surface area contributed by atoms with Gasteiger partial charge in [-0.3, -0.25) is 24.1 Å². The van der Waals surface area contributed by atoms with Crippen LogP contribution in [0.4, 0.5) is 0 Å². The highest BCUT2D eigenvalue weighted by Crippen LogP contribution is 2.36. The van der Waals surface area contributed by atoms with E-state index >= 15 is 0 Å². The van der Waals surface area contributed by atoms with Crippen LogP contribution in [0.2, 0.25) is 0 Å². The molecule has 0 bridgehead atoms. The van der Waals surface area contributed by atoms with E-state index in [4.69, 9.17) is 37.9 Å². The average molecular weight is 776 g/mol. The third-order valence-corrected chi connectivity index (χ3v) is 9.83. The highest BCUT2D eigenvalue weighted by Gasteiger charge is 2.55. The fraction of sp³-hybridized carbons (Fsp3) is 0.488. The number of methoxy groups -OCH3 is 3. The van der Waals surface area contributed by atoms with Gasteiger partial charge in [0.1, 0.15) is 30.1 Å². The Bertz CT molecular complexity index is 1670. The molecule has 0 spiro atoms. The second-order valence-electron chi connectivity index (χ2n) is 13.7. The lowest BCUT2D eigenvalue weighted by Crippen LogP contribution is -2.67. The lowest BCUT2D eigenvalue weighted by molar-refractivity contribution is -0.297. The molecule has 2 aliphatic rings. The normalized spacial score (nSPS) is 20.5. The zero-order chi connectivity index (χ0) is 39.7. The molecule has 2 aliphatic heterocycles. The first kappa shape index (κ1) is 42.5. The standard InChI is InChI=1S/C43H53NO12/c1-49-32-23-21-31(22-24-32)27-52-29-35-39(53-25-13-5-9-19-36(45)50-2)40(55-28-30-15-7-4-8-16-30)38(43(56-35)54-26-14-6-10-20-37(46)51-3)44-41(47)33-17-11-12-18-34(33)42(44)48/h4,7-8,11-12,15-18,21-24,35,38-40,43H,5-6,9-10,13-14,19-20,25-29H2,1-3H3/t35-,38+,39-,40-,43+/m1/s1. The summed E-state index contributed by atoms with van der Waals surface area (Å²) in [5.74, 6) is -0.775. The molecule has 0 saturated carbocycles. The number of hydrogen-bond acceptors (Lipinski definition) is 12. The van der Waals surface area contributed by atoms with Gasteiger partial charge in [-0.15, -0.1) is 0 Å². The zero-order valence-electron chi connectivity index (χ0n) is 32.4. The Balaban J connectivity index is 1.44. The van der Waals surface area contributed by atoms with Crippen molar-refractivity contribution in [3.05, 3.63) is 101 Å². The lowest BCUT2D eigenvalue weighted by atomic mass is 9.94. The molecule has 5 rings (SSSR count). The molecule has 0 radical (unpaired) electrons. The van der Waals surface area contributed by atoms with E-state index in [0.29, 0.717) is 51.4 Å². The summed E-state index contributed by atoms with van der Waals surface area (Å²) in [6.07, 6.45) is 0.904. The molecule has 1 saturated heterocycles. The van der Waals surface area contributed by atoms with Gasteiger partial charge in [-0.2, -0.15) is 0 Å². The maximum atomic E-state index is 14.1. The highest BCUT2D eigenvalue weighted by atomic mass is 16.7. The largest absolute Gasteiger partial charge is 0.497 e. The van der Waals surface area contributed by atoms with Crippen molar-refractivity contribution in [2.24, 2.45) is 0 Å². The molecule has 13 heteroatoms. The van der Waals surface area contributed by atoms with Crippen LogP contribution < -0.4 is 4.74 Å². The van der Waals surface area contributed by atoms with E-state index in [2.05, 4.69) is 0 Å². The van der Waals surface area contributed by atoms with Crippen molar-refractivity contribution in [3.63, 3.8) is 0 Å². The molecule has 0 aromatic heterocycles. The number of nitrogens with zero attached hydrogens (tertiary/aromatic N) is 1. The van der Waals surface area contributed by atoms with Crippen LogP contribution in [0.25, 0.3) is 0 Å². The quantitative estimate of drug-likeness (QED) is 0.0628. The Morgan fingerprint density at radius 1 is 0.625 bits per heavy atom. The first-order chi connectivity index (χ1) is 27.3. The van der Waals surface area contributed by atoms with E-state index in [-0.39, 0.29) is 56.1 Å². The van der Waals surface area contributed by atoms with Gasteiger partial charge in [-0.1, -0.05) is 67.4 Å². The molecule has 13 nitrogen and oxygen atoms in total. The van der Waals surface area contributed by atoms with Crippen molar-refractivity contribution in [2.45, 2.75) is 95.2 Å². The summed E-state index contributed by atoms with van der Waals surface area (Å²) >= 11 is 0. The number of esters is 2. The third-order valence-electron chi connectivity index (χ3n) is 9.83. The van der Waals surface area contributed by atoms with Crippen LogP contribution in [0.1, 0.15) is 83.2 Å². The fourth-order valence-corrected chi connectivity index (χ4v) is 6.81. The molecular weight excluding hydrogens is 722 g/mol. The Morgan fingerprint density at radius 2 is 1.20 bits per heavy atom. The van der Waals surface area contributed by atoms with E-state index in [1.54, 1.807) is 31.4 Å². The van der Waals surface area contributed by atoms with Crippen molar-refractivity contribution in [2.75, 3.05) is 41.2 Å². The summed E-state index contributed by atoms with van der Waals surface area (Å²) in [6, 6.07) is 22.8. The van der Waals surface area contributed by atoms with Crippen LogP contribution in [0, 0.1) is 0 Å². The van der Waals surface area contributed by atoms with Crippen LogP contribution in [-0.4, -0.2) is 100 Å². The summed E-state index contributed by atoms with van der Waals surface area (Å²) in [4.78, 5) is 52.8. The van der Waals surface area contributed by atoms with Crippen LogP contribution in [-0.2, 0) is 56.0 Å². The van der Waals surface area contributed by atoms with Gasteiger partial charge in [0, 0.05) is 26.1 Å². The molecule has 0 aliphatic carbocycles. The zero-order valence-corrected chi connectivity index (χ0v) is 32.4. The topological polar surface area (TPSA) is 145 Å². The second kappa shape index (κ2) is 22.2. The van der Waals surface area contributed by atoms with Gasteiger partial charge in [-0.25, -0.2) is 0 Å². The minimum Gasteiger partial charge on any atom is -0.497 e. The van der Waals surface area contributed by atoms with Crippen LogP contribution in [0.15, 0.2) is 78.9 Å². The number of imide groups is 1. The highest BCUT2D eigenvalue weighted by molar-refractivity contribution is 6.21. The average Bonchev–Trinajstić information content (AvgIpc) is 3.48. The van der Waals surface area contributed by atoms with Crippen molar-refractivity contribution in [1.82, 2.24) is 4.90 Å². The molecule has 302 valence electrons. The molecule has 1 fully saturated rings. The Hall–Kier alpha value is -4.66. The number of fused-ring (bicyclic) bond motifs is 1. The monoisotopic (exact) mass is 775 g/mol. The van der Waals surface area contributed by atoms with Gasteiger partial charge in [0.25, 0.3) is 11.8 Å². The Morgan fingerprint density at radius 3 is 1.79 bits per heavy atom. The van der Waals surface area contributed by atoms with Crippen LogP contribution in [0.3, 0.4) is 0 Å². The van der Waals surface area contributed by atoms with Gasteiger partial charge in [-0.05, 0) is 61.1 Å². The lowest BCUT2D eigenvalue weighted by Gasteiger charge is -2.48. The number of amides is 2. The maximum absolute atomic E-state index is 14.1. The first-order valence-corrected chi connectivity index (χ1v) is 19.2. The number of carbonyl (C=O) groups is 4. The molecule has 3 aromatic carbocycles. The third kappa shape index (κ3) is 11.7. The first-order valence-electron chi connectivity index (χ1n) is 19.2. The number of rotatable bonds is 23. The van der Waals surface area contributed by atoms with Crippen molar-refractivity contribution in [3.8, 4) is 5.75 Å². The van der Waals surface area contributed by atoms with Crippen LogP contribution >= 0.6 is 0 Å². The molecule has 0 N–H and O–H groups in total. The number of hydrogen-bond donors (Lipinski definition) is 0. The summed E-state index contributed by atoms with van der Waals surface area (Å²) in [5.41, 5.74) is 2.38. The van der Waals surface area contributed by atoms with Gasteiger partial charge in [0.15, 0.2) is 6.29 Å². The Labute approximate surface area is 328 Å². The van der Waals surface area contributed by atoms with Crippen molar-refractivity contribution in [1.29, 1.82) is 0 Å². The summed E-state index contributed by atoms with van der Waals surface area (Å²) in [6.45, 7) is 1.02. The molecule has 0 unspecified atom stereocenters. The Kier molecular flexibility index (Phi) is 16.8. The van der Waals surface area contributed by atoms with E-state index < -0.39 is 42.5 Å². The number of carbonyl (C=O) groups excluding carboxylic acids is 4.